The van der Waals surface area contributed by atoms with Crippen molar-refractivity contribution in [1.82, 2.24) is 19.8 Å². The van der Waals surface area contributed by atoms with Crippen LogP contribution in [0.2, 0.25) is 0 Å². The van der Waals surface area contributed by atoms with Gasteiger partial charge in [0.25, 0.3) is 5.91 Å². The van der Waals surface area contributed by atoms with E-state index in [1.165, 1.54) is 0 Å². The van der Waals surface area contributed by atoms with Crippen molar-refractivity contribution >= 4 is 28.8 Å². The minimum absolute atomic E-state index is 0.0278. The zero-order chi connectivity index (χ0) is 18.7. The van der Waals surface area contributed by atoms with Crippen LogP contribution in [0.3, 0.4) is 0 Å². The van der Waals surface area contributed by atoms with Crippen molar-refractivity contribution in [3.63, 3.8) is 0 Å². The molecule has 0 unspecified atom stereocenters. The second-order valence-corrected chi connectivity index (χ2v) is 6.47. The summed E-state index contributed by atoms with van der Waals surface area (Å²) in [6.07, 6.45) is 1.67. The van der Waals surface area contributed by atoms with Gasteiger partial charge in [0.1, 0.15) is 5.75 Å². The minimum atomic E-state index is -0.155. The fourth-order valence-corrected chi connectivity index (χ4v) is 3.40. The molecule has 0 aliphatic carbocycles. The van der Waals surface area contributed by atoms with Crippen LogP contribution in [0, 0.1) is 0 Å². The number of amides is 2. The Kier molecular flexibility index (Phi) is 5.29. The summed E-state index contributed by atoms with van der Waals surface area (Å²) in [6.45, 7) is 5.44. The van der Waals surface area contributed by atoms with Gasteiger partial charge in [0, 0.05) is 38.7 Å². The summed E-state index contributed by atoms with van der Waals surface area (Å²) in [4.78, 5) is 29.4. The Morgan fingerprint density at radius 3 is 2.73 bits per heavy atom. The number of carbonyl (C=O) groups is 2. The van der Waals surface area contributed by atoms with Gasteiger partial charge in [-0.05, 0) is 31.9 Å². The molecule has 1 saturated heterocycles. The average molecular weight is 359 g/mol. The normalized spacial score (nSPS) is 15.2. The van der Waals surface area contributed by atoms with Gasteiger partial charge in [-0.3, -0.25) is 9.59 Å². The van der Waals surface area contributed by atoms with E-state index in [4.69, 9.17) is 10.5 Å². The van der Waals surface area contributed by atoms with E-state index < -0.39 is 0 Å². The fraction of sp³-hybridized carbons (Fsp3) is 0.500. The van der Waals surface area contributed by atoms with Crippen molar-refractivity contribution in [2.24, 2.45) is 0 Å². The van der Waals surface area contributed by atoms with E-state index in [-0.39, 0.29) is 24.5 Å². The van der Waals surface area contributed by atoms with Crippen LogP contribution in [0.1, 0.15) is 32.7 Å². The second kappa shape index (κ2) is 7.63. The molecule has 0 bridgehead atoms. The summed E-state index contributed by atoms with van der Waals surface area (Å²) in [6, 6.07) is 5.69. The molecule has 1 aromatic heterocycles. The molecular weight excluding hydrogens is 334 g/mol. The van der Waals surface area contributed by atoms with Crippen LogP contribution in [0.5, 0.6) is 5.75 Å². The second-order valence-electron chi connectivity index (χ2n) is 6.47. The SMILES string of the molecule is CCNC(=O)COc1ccc2nc(N)n(C3CCN(C(C)=O)CC3)c2c1. The van der Waals surface area contributed by atoms with Crippen molar-refractivity contribution in [3.8, 4) is 5.75 Å². The molecule has 8 nitrogen and oxygen atoms in total. The van der Waals surface area contributed by atoms with Crippen molar-refractivity contribution < 1.29 is 14.3 Å². The zero-order valence-electron chi connectivity index (χ0n) is 15.2. The van der Waals surface area contributed by atoms with Gasteiger partial charge >= 0.3 is 0 Å². The molecule has 0 spiro atoms. The number of fused-ring (bicyclic) bond motifs is 1. The molecule has 0 atom stereocenters. The molecule has 0 radical (unpaired) electrons. The summed E-state index contributed by atoms with van der Waals surface area (Å²) >= 11 is 0. The van der Waals surface area contributed by atoms with Crippen molar-refractivity contribution in [3.05, 3.63) is 18.2 Å². The van der Waals surface area contributed by atoms with Crippen LogP contribution in [0.4, 0.5) is 5.95 Å². The molecule has 140 valence electrons. The van der Waals surface area contributed by atoms with Gasteiger partial charge in [-0.2, -0.15) is 0 Å². The van der Waals surface area contributed by atoms with Crippen LogP contribution in [0.15, 0.2) is 18.2 Å². The van der Waals surface area contributed by atoms with Crippen LogP contribution >= 0.6 is 0 Å². The number of likely N-dealkylation sites (N-methyl/N-ethyl adjacent to an activating group) is 1. The predicted octanol–water partition coefficient (Wildman–Crippen LogP) is 1.32. The molecule has 1 fully saturated rings. The highest BCUT2D eigenvalue weighted by Crippen LogP contribution is 2.31. The molecule has 1 aliphatic rings. The Hall–Kier alpha value is -2.77. The summed E-state index contributed by atoms with van der Waals surface area (Å²) in [5, 5.41) is 2.70. The quantitative estimate of drug-likeness (QED) is 0.838. The number of hydrogen-bond acceptors (Lipinski definition) is 5. The van der Waals surface area contributed by atoms with Crippen LogP contribution in [-0.4, -0.2) is 52.5 Å². The van der Waals surface area contributed by atoms with Gasteiger partial charge in [0.2, 0.25) is 11.9 Å². The average Bonchev–Trinajstić information content (AvgIpc) is 2.95. The predicted molar refractivity (Wildman–Crippen MR) is 98.8 cm³/mol. The van der Waals surface area contributed by atoms with Crippen molar-refractivity contribution in [2.75, 3.05) is 32.0 Å². The number of imidazole rings is 1. The lowest BCUT2D eigenvalue weighted by Crippen LogP contribution is -2.37. The highest BCUT2D eigenvalue weighted by atomic mass is 16.5. The number of ether oxygens (including phenoxy) is 1. The number of aromatic nitrogens is 2. The standard InChI is InChI=1S/C18H25N5O3/c1-3-20-17(25)11-26-14-4-5-15-16(10-14)23(18(19)21-15)13-6-8-22(9-7-13)12(2)24/h4-5,10,13H,3,6-9,11H2,1-2H3,(H2,19,21)(H,20,25). The molecule has 26 heavy (non-hydrogen) atoms. The molecule has 1 aliphatic heterocycles. The molecule has 3 rings (SSSR count). The summed E-state index contributed by atoms with van der Waals surface area (Å²) in [7, 11) is 0. The highest BCUT2D eigenvalue weighted by molar-refractivity contribution is 5.81. The first kappa shape index (κ1) is 18.0. The van der Waals surface area contributed by atoms with Crippen molar-refractivity contribution in [1.29, 1.82) is 0 Å². The smallest absolute Gasteiger partial charge is 0.257 e. The Balaban J connectivity index is 1.79. The third-order valence-corrected chi connectivity index (χ3v) is 4.71. The van der Waals surface area contributed by atoms with Gasteiger partial charge < -0.3 is 25.3 Å². The Morgan fingerprint density at radius 1 is 1.35 bits per heavy atom. The Morgan fingerprint density at radius 2 is 2.08 bits per heavy atom. The number of carbonyl (C=O) groups excluding carboxylic acids is 2. The first-order valence-corrected chi connectivity index (χ1v) is 8.92. The maximum absolute atomic E-state index is 11.6. The third kappa shape index (κ3) is 3.74. The Bertz CT molecular complexity index is 809. The number of nitrogen functional groups attached to an aromatic ring is 1. The van der Waals surface area contributed by atoms with E-state index in [1.54, 1.807) is 13.0 Å². The summed E-state index contributed by atoms with van der Waals surface area (Å²) in [5.74, 6) is 1.01. The van der Waals surface area contributed by atoms with Crippen LogP contribution < -0.4 is 15.8 Å². The summed E-state index contributed by atoms with van der Waals surface area (Å²) in [5.41, 5.74) is 7.84. The molecule has 2 amide bonds. The number of hydrogen-bond donors (Lipinski definition) is 2. The lowest BCUT2D eigenvalue weighted by molar-refractivity contribution is -0.130. The van der Waals surface area contributed by atoms with Gasteiger partial charge in [-0.15, -0.1) is 0 Å². The summed E-state index contributed by atoms with van der Waals surface area (Å²) < 4.78 is 7.60. The van der Waals surface area contributed by atoms with E-state index in [0.717, 1.165) is 23.9 Å². The zero-order valence-corrected chi connectivity index (χ0v) is 15.2. The highest BCUT2D eigenvalue weighted by Gasteiger charge is 2.25. The Labute approximate surface area is 152 Å². The van der Waals surface area contributed by atoms with E-state index >= 15 is 0 Å². The van der Waals surface area contributed by atoms with Crippen LogP contribution in [-0.2, 0) is 9.59 Å². The molecule has 8 heteroatoms. The monoisotopic (exact) mass is 359 g/mol. The molecule has 0 saturated carbocycles. The number of rotatable bonds is 5. The van der Waals surface area contributed by atoms with E-state index in [2.05, 4.69) is 10.3 Å². The maximum Gasteiger partial charge on any atom is 0.257 e. The lowest BCUT2D eigenvalue weighted by atomic mass is 10.0. The molecule has 2 heterocycles. The number of nitrogens with one attached hydrogen (secondary N) is 1. The molecule has 1 aromatic carbocycles. The maximum atomic E-state index is 11.6. The first-order chi connectivity index (χ1) is 12.5. The minimum Gasteiger partial charge on any atom is -0.484 e. The third-order valence-electron chi connectivity index (χ3n) is 4.71. The number of nitrogens with two attached hydrogens (primary N) is 1. The van der Waals surface area contributed by atoms with E-state index in [9.17, 15) is 9.59 Å². The fourth-order valence-electron chi connectivity index (χ4n) is 3.40. The lowest BCUT2D eigenvalue weighted by Gasteiger charge is -2.32. The van der Waals surface area contributed by atoms with Gasteiger partial charge in [0.05, 0.1) is 11.0 Å². The number of likely N-dealkylation sites (tertiary alicyclic amines) is 1. The largest absolute Gasteiger partial charge is 0.484 e. The van der Waals surface area contributed by atoms with Gasteiger partial charge in [0.15, 0.2) is 6.61 Å². The van der Waals surface area contributed by atoms with E-state index in [1.807, 2.05) is 28.5 Å². The van der Waals surface area contributed by atoms with E-state index in [0.29, 0.717) is 31.3 Å². The van der Waals surface area contributed by atoms with Gasteiger partial charge in [-0.1, -0.05) is 0 Å². The van der Waals surface area contributed by atoms with Crippen LogP contribution in [0.25, 0.3) is 11.0 Å². The number of nitrogens with zero attached hydrogens (tertiary/aromatic N) is 3. The molecular formula is C18H25N5O3. The number of benzene rings is 1. The van der Waals surface area contributed by atoms with Crippen molar-refractivity contribution in [2.45, 2.75) is 32.7 Å². The number of anilines is 1. The molecule has 3 N–H and O–H groups in total. The van der Waals surface area contributed by atoms with Gasteiger partial charge in [-0.25, -0.2) is 4.98 Å². The number of piperidine rings is 1. The topological polar surface area (TPSA) is 102 Å². The first-order valence-electron chi connectivity index (χ1n) is 8.92. The molecule has 2 aromatic rings.